The smallest absolute Gasteiger partial charge is 0.261 e. The third-order valence-corrected chi connectivity index (χ3v) is 6.10. The van der Waals surface area contributed by atoms with Crippen LogP contribution in [-0.4, -0.2) is 14.3 Å². The first-order chi connectivity index (χ1) is 13.7. The average Bonchev–Trinajstić information content (AvgIpc) is 2.68. The quantitative estimate of drug-likeness (QED) is 0.554. The van der Waals surface area contributed by atoms with Gasteiger partial charge in [-0.15, -0.1) is 0 Å². The highest BCUT2D eigenvalue weighted by molar-refractivity contribution is 7.92. The molecule has 0 spiro atoms. The standard InChI is InChI=1S/C21H18Cl2N2O3S/c1-14-3-2-4-15(11-14)13-24-21(26)19-12-17(7-10-20(19)23)25-29(27,28)18-8-5-16(22)6-9-18/h2-12,25H,13H2,1H3,(H,24,26). The number of rotatable bonds is 6. The number of carbonyl (C=O) groups excluding carboxylic acids is 1. The summed E-state index contributed by atoms with van der Waals surface area (Å²) in [5.41, 5.74) is 2.45. The van der Waals surface area contributed by atoms with Crippen LogP contribution in [0.4, 0.5) is 5.69 Å². The molecule has 0 aliphatic carbocycles. The van der Waals surface area contributed by atoms with Crippen molar-refractivity contribution in [1.29, 1.82) is 0 Å². The molecule has 0 atom stereocenters. The zero-order valence-electron chi connectivity index (χ0n) is 15.4. The molecule has 0 unspecified atom stereocenters. The summed E-state index contributed by atoms with van der Waals surface area (Å²) in [5, 5.41) is 3.45. The molecule has 0 bridgehead atoms. The van der Waals surface area contributed by atoms with Gasteiger partial charge in [-0.2, -0.15) is 0 Å². The van der Waals surface area contributed by atoms with Gasteiger partial charge in [0.1, 0.15) is 0 Å². The van der Waals surface area contributed by atoms with E-state index in [-0.39, 0.29) is 21.2 Å². The SMILES string of the molecule is Cc1cccc(CNC(=O)c2cc(NS(=O)(=O)c3ccc(Cl)cc3)ccc2Cl)c1. The Morgan fingerprint density at radius 3 is 2.38 bits per heavy atom. The first-order valence-corrected chi connectivity index (χ1v) is 10.9. The Morgan fingerprint density at radius 2 is 1.69 bits per heavy atom. The average molecular weight is 449 g/mol. The fourth-order valence-electron chi connectivity index (χ4n) is 2.69. The van der Waals surface area contributed by atoms with Crippen LogP contribution in [0.5, 0.6) is 0 Å². The number of aryl methyl sites for hydroxylation is 1. The van der Waals surface area contributed by atoms with Gasteiger partial charge in [-0.05, 0) is 55.0 Å². The van der Waals surface area contributed by atoms with E-state index in [1.807, 2.05) is 31.2 Å². The van der Waals surface area contributed by atoms with Crippen LogP contribution >= 0.6 is 23.2 Å². The summed E-state index contributed by atoms with van der Waals surface area (Å²) in [6.45, 7) is 2.30. The van der Waals surface area contributed by atoms with Gasteiger partial charge in [-0.3, -0.25) is 9.52 Å². The van der Waals surface area contributed by atoms with Crippen LogP contribution in [0.25, 0.3) is 0 Å². The molecule has 0 saturated heterocycles. The molecule has 0 aliphatic rings. The molecular formula is C21H18Cl2N2O3S. The summed E-state index contributed by atoms with van der Waals surface area (Å²) >= 11 is 12.0. The van der Waals surface area contributed by atoms with Gasteiger partial charge >= 0.3 is 0 Å². The lowest BCUT2D eigenvalue weighted by molar-refractivity contribution is 0.0951. The van der Waals surface area contributed by atoms with Gasteiger partial charge in [0.25, 0.3) is 15.9 Å². The van der Waals surface area contributed by atoms with E-state index in [1.165, 1.54) is 42.5 Å². The van der Waals surface area contributed by atoms with E-state index < -0.39 is 15.9 Å². The van der Waals surface area contributed by atoms with Gasteiger partial charge in [0.15, 0.2) is 0 Å². The van der Waals surface area contributed by atoms with Crippen molar-refractivity contribution in [3.63, 3.8) is 0 Å². The van der Waals surface area contributed by atoms with Crippen molar-refractivity contribution in [2.24, 2.45) is 0 Å². The molecule has 0 radical (unpaired) electrons. The van der Waals surface area contributed by atoms with Gasteiger partial charge < -0.3 is 5.32 Å². The molecule has 29 heavy (non-hydrogen) atoms. The fourth-order valence-corrected chi connectivity index (χ4v) is 4.07. The van der Waals surface area contributed by atoms with Crippen LogP contribution in [0.15, 0.2) is 71.6 Å². The fraction of sp³-hybridized carbons (Fsp3) is 0.0952. The molecule has 150 valence electrons. The molecule has 0 saturated carbocycles. The second kappa shape index (κ2) is 8.86. The first-order valence-electron chi connectivity index (χ1n) is 8.66. The van der Waals surface area contributed by atoms with E-state index in [0.29, 0.717) is 11.6 Å². The lowest BCUT2D eigenvalue weighted by Gasteiger charge is -2.12. The Hall–Kier alpha value is -2.54. The second-order valence-corrected chi connectivity index (χ2v) is 8.95. The highest BCUT2D eigenvalue weighted by Gasteiger charge is 2.17. The van der Waals surface area contributed by atoms with Gasteiger partial charge in [0.05, 0.1) is 15.5 Å². The minimum atomic E-state index is -3.83. The van der Waals surface area contributed by atoms with E-state index in [4.69, 9.17) is 23.2 Å². The molecule has 5 nitrogen and oxygen atoms in total. The van der Waals surface area contributed by atoms with Gasteiger partial charge in [0.2, 0.25) is 0 Å². The number of benzene rings is 3. The summed E-state index contributed by atoms with van der Waals surface area (Å²) in [6, 6.07) is 17.9. The number of hydrogen-bond donors (Lipinski definition) is 2. The summed E-state index contributed by atoms with van der Waals surface area (Å²) in [5.74, 6) is -0.399. The molecule has 0 fully saturated rings. The number of carbonyl (C=O) groups is 1. The molecule has 3 aromatic rings. The Bertz CT molecular complexity index is 1150. The van der Waals surface area contributed by atoms with Crippen LogP contribution < -0.4 is 10.0 Å². The minimum absolute atomic E-state index is 0.0577. The maximum absolute atomic E-state index is 12.6. The number of sulfonamides is 1. The summed E-state index contributed by atoms with van der Waals surface area (Å²) in [7, 11) is -3.83. The Balaban J connectivity index is 1.76. The van der Waals surface area contributed by atoms with Crippen LogP contribution in [0.1, 0.15) is 21.5 Å². The molecule has 2 N–H and O–H groups in total. The number of nitrogens with one attached hydrogen (secondary N) is 2. The van der Waals surface area contributed by atoms with Crippen molar-refractivity contribution in [2.75, 3.05) is 4.72 Å². The first kappa shape index (κ1) is 21.2. The lowest BCUT2D eigenvalue weighted by Crippen LogP contribution is -2.23. The Morgan fingerprint density at radius 1 is 0.966 bits per heavy atom. The molecule has 3 rings (SSSR count). The van der Waals surface area contributed by atoms with Crippen molar-refractivity contribution in [1.82, 2.24) is 5.32 Å². The lowest BCUT2D eigenvalue weighted by atomic mass is 10.1. The van der Waals surface area contributed by atoms with Gasteiger partial charge in [-0.25, -0.2) is 8.42 Å². The van der Waals surface area contributed by atoms with Crippen LogP contribution in [0.2, 0.25) is 10.0 Å². The topological polar surface area (TPSA) is 75.3 Å². The molecule has 3 aromatic carbocycles. The van der Waals surface area contributed by atoms with Crippen LogP contribution in [0, 0.1) is 6.92 Å². The van der Waals surface area contributed by atoms with E-state index >= 15 is 0 Å². The van der Waals surface area contributed by atoms with Crippen molar-refractivity contribution >= 4 is 44.8 Å². The third kappa shape index (κ3) is 5.50. The predicted molar refractivity (Wildman–Crippen MR) is 116 cm³/mol. The maximum Gasteiger partial charge on any atom is 0.261 e. The largest absolute Gasteiger partial charge is 0.348 e. The van der Waals surface area contributed by atoms with E-state index in [1.54, 1.807) is 0 Å². The second-order valence-electron chi connectivity index (χ2n) is 6.43. The van der Waals surface area contributed by atoms with E-state index in [0.717, 1.165) is 11.1 Å². The maximum atomic E-state index is 12.6. The van der Waals surface area contributed by atoms with Gasteiger partial charge in [0, 0.05) is 17.3 Å². The number of halogens is 2. The van der Waals surface area contributed by atoms with Crippen LogP contribution in [0.3, 0.4) is 0 Å². The Kier molecular flexibility index (Phi) is 6.47. The van der Waals surface area contributed by atoms with Crippen molar-refractivity contribution in [3.8, 4) is 0 Å². The number of hydrogen-bond acceptors (Lipinski definition) is 3. The van der Waals surface area contributed by atoms with Crippen molar-refractivity contribution in [3.05, 3.63) is 93.5 Å². The molecular weight excluding hydrogens is 431 g/mol. The summed E-state index contributed by atoms with van der Waals surface area (Å²) in [6.07, 6.45) is 0. The number of anilines is 1. The van der Waals surface area contributed by atoms with Crippen molar-refractivity contribution < 1.29 is 13.2 Å². The van der Waals surface area contributed by atoms with E-state index in [9.17, 15) is 13.2 Å². The zero-order valence-corrected chi connectivity index (χ0v) is 17.8. The highest BCUT2D eigenvalue weighted by atomic mass is 35.5. The molecule has 0 aliphatic heterocycles. The Labute approximate surface area is 179 Å². The van der Waals surface area contributed by atoms with E-state index in [2.05, 4.69) is 10.0 Å². The zero-order chi connectivity index (χ0) is 21.0. The normalized spacial score (nSPS) is 11.1. The highest BCUT2D eigenvalue weighted by Crippen LogP contribution is 2.23. The molecule has 0 aromatic heterocycles. The molecule has 1 amide bonds. The van der Waals surface area contributed by atoms with Crippen molar-refractivity contribution in [2.45, 2.75) is 18.4 Å². The summed E-state index contributed by atoms with van der Waals surface area (Å²) in [4.78, 5) is 12.6. The third-order valence-electron chi connectivity index (χ3n) is 4.12. The summed E-state index contributed by atoms with van der Waals surface area (Å²) < 4.78 is 27.5. The molecule has 0 heterocycles. The number of amides is 1. The van der Waals surface area contributed by atoms with Gasteiger partial charge in [-0.1, -0.05) is 53.0 Å². The predicted octanol–water partition coefficient (Wildman–Crippen LogP) is 5.03. The minimum Gasteiger partial charge on any atom is -0.348 e. The molecule has 8 heteroatoms. The van der Waals surface area contributed by atoms with Crippen LogP contribution in [-0.2, 0) is 16.6 Å². The monoisotopic (exact) mass is 448 g/mol.